The molecule has 0 spiro atoms. The molecule has 0 bridgehead atoms. The van der Waals surface area contributed by atoms with Crippen LogP contribution < -0.4 is 5.32 Å². The first kappa shape index (κ1) is 14.2. The topological polar surface area (TPSA) is 32.3 Å². The maximum Gasteiger partial charge on any atom is 0.234 e. The summed E-state index contributed by atoms with van der Waals surface area (Å²) in [7, 11) is 0. The molecule has 1 aromatic carbocycles. The SMILES string of the molecule is C=CCN(CC=C)CC(=O)NCc1ccccc1. The van der Waals surface area contributed by atoms with Gasteiger partial charge in [-0.3, -0.25) is 9.69 Å². The molecule has 1 rings (SSSR count). The standard InChI is InChI=1S/C15H20N2O/c1-3-10-17(11-4-2)13-15(18)16-12-14-8-6-5-7-9-14/h3-9H,1-2,10-13H2,(H,16,18). The first-order valence-electron chi connectivity index (χ1n) is 6.01. The number of benzene rings is 1. The van der Waals surface area contributed by atoms with Crippen molar-refractivity contribution in [3.05, 3.63) is 61.2 Å². The first-order valence-corrected chi connectivity index (χ1v) is 6.01. The molecule has 0 aliphatic carbocycles. The second-order valence-electron chi connectivity index (χ2n) is 4.03. The van der Waals surface area contributed by atoms with E-state index in [0.717, 1.165) is 5.56 Å². The number of hydrogen-bond acceptors (Lipinski definition) is 2. The Hall–Kier alpha value is -1.87. The van der Waals surface area contributed by atoms with Gasteiger partial charge in [-0.1, -0.05) is 42.5 Å². The summed E-state index contributed by atoms with van der Waals surface area (Å²) < 4.78 is 0. The lowest BCUT2D eigenvalue weighted by molar-refractivity contribution is -0.122. The monoisotopic (exact) mass is 244 g/mol. The lowest BCUT2D eigenvalue weighted by Gasteiger charge is -2.17. The van der Waals surface area contributed by atoms with Gasteiger partial charge in [-0.2, -0.15) is 0 Å². The average molecular weight is 244 g/mol. The van der Waals surface area contributed by atoms with E-state index >= 15 is 0 Å². The van der Waals surface area contributed by atoms with E-state index in [0.29, 0.717) is 26.2 Å². The van der Waals surface area contributed by atoms with Crippen molar-refractivity contribution in [3.63, 3.8) is 0 Å². The Morgan fingerprint density at radius 2 is 1.78 bits per heavy atom. The summed E-state index contributed by atoms with van der Waals surface area (Å²) in [6.45, 7) is 9.65. The summed E-state index contributed by atoms with van der Waals surface area (Å²) in [5.41, 5.74) is 1.10. The number of nitrogens with one attached hydrogen (secondary N) is 1. The third-order valence-corrected chi connectivity index (χ3v) is 2.47. The van der Waals surface area contributed by atoms with Crippen molar-refractivity contribution in [1.29, 1.82) is 0 Å². The van der Waals surface area contributed by atoms with Crippen molar-refractivity contribution < 1.29 is 4.79 Å². The second-order valence-corrected chi connectivity index (χ2v) is 4.03. The van der Waals surface area contributed by atoms with Crippen LogP contribution in [0.1, 0.15) is 5.56 Å². The van der Waals surface area contributed by atoms with E-state index in [2.05, 4.69) is 18.5 Å². The van der Waals surface area contributed by atoms with Gasteiger partial charge in [0.15, 0.2) is 0 Å². The normalized spacial score (nSPS) is 10.1. The van der Waals surface area contributed by atoms with E-state index in [9.17, 15) is 4.79 Å². The molecule has 96 valence electrons. The summed E-state index contributed by atoms with van der Waals surface area (Å²) in [5, 5.41) is 2.90. The van der Waals surface area contributed by atoms with Crippen molar-refractivity contribution in [2.24, 2.45) is 0 Å². The van der Waals surface area contributed by atoms with Gasteiger partial charge < -0.3 is 5.32 Å². The van der Waals surface area contributed by atoms with Crippen LogP contribution in [0.4, 0.5) is 0 Å². The minimum absolute atomic E-state index is 0.0163. The summed E-state index contributed by atoms with van der Waals surface area (Å²) in [4.78, 5) is 13.7. The molecule has 0 atom stereocenters. The molecule has 0 radical (unpaired) electrons. The Morgan fingerprint density at radius 1 is 1.17 bits per heavy atom. The number of carbonyl (C=O) groups is 1. The Morgan fingerprint density at radius 3 is 2.33 bits per heavy atom. The zero-order valence-corrected chi connectivity index (χ0v) is 10.6. The lowest BCUT2D eigenvalue weighted by atomic mass is 10.2. The van der Waals surface area contributed by atoms with Crippen LogP contribution in [0.2, 0.25) is 0 Å². The largest absolute Gasteiger partial charge is 0.351 e. The number of amides is 1. The molecule has 18 heavy (non-hydrogen) atoms. The highest BCUT2D eigenvalue weighted by molar-refractivity contribution is 5.78. The Balaban J connectivity index is 2.35. The molecule has 3 nitrogen and oxygen atoms in total. The zero-order valence-electron chi connectivity index (χ0n) is 10.6. The molecular formula is C15H20N2O. The Bertz CT molecular complexity index is 377. The number of rotatable bonds is 8. The maximum atomic E-state index is 11.8. The van der Waals surface area contributed by atoms with Gasteiger partial charge in [0.05, 0.1) is 6.54 Å². The summed E-state index contributed by atoms with van der Waals surface area (Å²) in [6.07, 6.45) is 3.57. The summed E-state index contributed by atoms with van der Waals surface area (Å²) in [5.74, 6) is 0.0163. The molecule has 0 unspecified atom stereocenters. The van der Waals surface area contributed by atoms with Crippen molar-refractivity contribution >= 4 is 5.91 Å². The zero-order chi connectivity index (χ0) is 13.2. The van der Waals surface area contributed by atoms with Gasteiger partial charge in [-0.15, -0.1) is 13.2 Å². The van der Waals surface area contributed by atoms with Crippen LogP contribution >= 0.6 is 0 Å². The fourth-order valence-electron chi connectivity index (χ4n) is 1.62. The average Bonchev–Trinajstić information content (AvgIpc) is 2.38. The third-order valence-electron chi connectivity index (χ3n) is 2.47. The molecule has 0 aromatic heterocycles. The van der Waals surface area contributed by atoms with Gasteiger partial charge in [0.25, 0.3) is 0 Å². The van der Waals surface area contributed by atoms with Crippen LogP contribution in [-0.4, -0.2) is 30.4 Å². The van der Waals surface area contributed by atoms with Crippen LogP contribution in [0.3, 0.4) is 0 Å². The molecule has 0 fully saturated rings. The van der Waals surface area contributed by atoms with E-state index in [4.69, 9.17) is 0 Å². The van der Waals surface area contributed by atoms with E-state index in [1.807, 2.05) is 35.2 Å². The molecule has 3 heteroatoms. The van der Waals surface area contributed by atoms with Gasteiger partial charge in [0, 0.05) is 19.6 Å². The van der Waals surface area contributed by atoms with Gasteiger partial charge in [-0.05, 0) is 5.56 Å². The molecule has 0 aliphatic heterocycles. The number of nitrogens with zero attached hydrogens (tertiary/aromatic N) is 1. The Labute approximate surface area is 109 Å². The highest BCUT2D eigenvalue weighted by Gasteiger charge is 2.07. The summed E-state index contributed by atoms with van der Waals surface area (Å²) in [6, 6.07) is 9.87. The maximum absolute atomic E-state index is 11.8. The predicted octanol–water partition coefficient (Wildman–Crippen LogP) is 1.98. The molecule has 0 aliphatic rings. The smallest absolute Gasteiger partial charge is 0.234 e. The van der Waals surface area contributed by atoms with Gasteiger partial charge in [0.2, 0.25) is 5.91 Å². The van der Waals surface area contributed by atoms with Gasteiger partial charge in [0.1, 0.15) is 0 Å². The molecule has 0 heterocycles. The molecule has 1 aromatic rings. The van der Waals surface area contributed by atoms with E-state index in [-0.39, 0.29) is 5.91 Å². The van der Waals surface area contributed by atoms with Gasteiger partial charge >= 0.3 is 0 Å². The van der Waals surface area contributed by atoms with Crippen LogP contribution in [-0.2, 0) is 11.3 Å². The fraction of sp³-hybridized carbons (Fsp3) is 0.267. The number of hydrogen-bond donors (Lipinski definition) is 1. The highest BCUT2D eigenvalue weighted by Crippen LogP contribution is 1.97. The molecule has 0 saturated carbocycles. The summed E-state index contributed by atoms with van der Waals surface area (Å²) >= 11 is 0. The van der Waals surface area contributed by atoms with E-state index in [1.54, 1.807) is 12.2 Å². The fourth-order valence-corrected chi connectivity index (χ4v) is 1.62. The minimum atomic E-state index is 0.0163. The van der Waals surface area contributed by atoms with E-state index < -0.39 is 0 Å². The van der Waals surface area contributed by atoms with Crippen molar-refractivity contribution in [1.82, 2.24) is 10.2 Å². The van der Waals surface area contributed by atoms with Gasteiger partial charge in [-0.25, -0.2) is 0 Å². The lowest BCUT2D eigenvalue weighted by Crippen LogP contribution is -2.37. The van der Waals surface area contributed by atoms with Crippen molar-refractivity contribution in [2.75, 3.05) is 19.6 Å². The second kappa shape index (κ2) is 8.25. The van der Waals surface area contributed by atoms with Crippen molar-refractivity contribution in [2.45, 2.75) is 6.54 Å². The predicted molar refractivity (Wildman–Crippen MR) is 75.1 cm³/mol. The molecule has 1 N–H and O–H groups in total. The third kappa shape index (κ3) is 5.46. The van der Waals surface area contributed by atoms with Crippen LogP contribution in [0.15, 0.2) is 55.6 Å². The van der Waals surface area contributed by atoms with Crippen LogP contribution in [0.25, 0.3) is 0 Å². The number of carbonyl (C=O) groups excluding carboxylic acids is 1. The quantitative estimate of drug-likeness (QED) is 0.709. The molecule has 0 saturated heterocycles. The van der Waals surface area contributed by atoms with Crippen LogP contribution in [0, 0.1) is 0 Å². The van der Waals surface area contributed by atoms with Crippen molar-refractivity contribution in [3.8, 4) is 0 Å². The van der Waals surface area contributed by atoms with Crippen LogP contribution in [0.5, 0.6) is 0 Å². The molecular weight excluding hydrogens is 224 g/mol. The molecule has 1 amide bonds. The highest BCUT2D eigenvalue weighted by atomic mass is 16.2. The minimum Gasteiger partial charge on any atom is -0.351 e. The van der Waals surface area contributed by atoms with E-state index in [1.165, 1.54) is 0 Å². The Kier molecular flexibility index (Phi) is 6.51. The first-order chi connectivity index (χ1) is 8.76.